The summed E-state index contributed by atoms with van der Waals surface area (Å²) in [5.74, 6) is -0.961. The lowest BCUT2D eigenvalue weighted by molar-refractivity contribution is 0.0691. The summed E-state index contributed by atoms with van der Waals surface area (Å²) in [5.41, 5.74) is 0.802. The predicted molar refractivity (Wildman–Crippen MR) is 71.0 cm³/mol. The van der Waals surface area contributed by atoms with E-state index in [0.717, 1.165) is 19.5 Å². The summed E-state index contributed by atoms with van der Waals surface area (Å²) in [4.78, 5) is 23.5. The SMILES string of the molecule is CN(C)C1CCCN(Cc2ncncc2C(=O)O)C1. The highest BCUT2D eigenvalue weighted by atomic mass is 16.4. The molecule has 0 aromatic carbocycles. The van der Waals surface area contributed by atoms with Crippen molar-refractivity contribution in [1.82, 2.24) is 19.8 Å². The molecule has 0 bridgehead atoms. The Morgan fingerprint density at radius 1 is 1.58 bits per heavy atom. The van der Waals surface area contributed by atoms with Crippen molar-refractivity contribution in [2.45, 2.75) is 25.4 Å². The second kappa shape index (κ2) is 6.08. The van der Waals surface area contributed by atoms with Crippen LogP contribution < -0.4 is 0 Å². The van der Waals surface area contributed by atoms with E-state index >= 15 is 0 Å². The summed E-state index contributed by atoms with van der Waals surface area (Å²) in [6.07, 6.45) is 5.11. The van der Waals surface area contributed by atoms with Gasteiger partial charge in [0.15, 0.2) is 0 Å². The lowest BCUT2D eigenvalue weighted by Gasteiger charge is -2.36. The number of piperidine rings is 1. The maximum atomic E-state index is 11.1. The molecule has 1 fully saturated rings. The summed E-state index contributed by atoms with van der Waals surface area (Å²) in [6, 6.07) is 0.531. The highest BCUT2D eigenvalue weighted by Gasteiger charge is 2.23. The van der Waals surface area contributed by atoms with Crippen molar-refractivity contribution in [2.24, 2.45) is 0 Å². The molecule has 19 heavy (non-hydrogen) atoms. The molecule has 6 nitrogen and oxygen atoms in total. The van der Waals surface area contributed by atoms with E-state index in [9.17, 15) is 4.79 Å². The molecule has 6 heteroatoms. The maximum Gasteiger partial charge on any atom is 0.339 e. The summed E-state index contributed by atoms with van der Waals surface area (Å²) in [7, 11) is 4.17. The molecular weight excluding hydrogens is 244 g/mol. The molecule has 1 aromatic heterocycles. The van der Waals surface area contributed by atoms with Gasteiger partial charge in [-0.25, -0.2) is 14.8 Å². The lowest BCUT2D eigenvalue weighted by Crippen LogP contribution is -2.44. The summed E-state index contributed by atoms with van der Waals surface area (Å²) in [5, 5.41) is 9.13. The fourth-order valence-electron chi connectivity index (χ4n) is 2.47. The predicted octanol–water partition coefficient (Wildman–Crippen LogP) is 0.701. The number of hydrogen-bond donors (Lipinski definition) is 1. The third kappa shape index (κ3) is 3.48. The molecule has 0 amide bonds. The summed E-state index contributed by atoms with van der Waals surface area (Å²) >= 11 is 0. The first kappa shape index (κ1) is 13.9. The number of nitrogens with zero attached hydrogens (tertiary/aromatic N) is 4. The highest BCUT2D eigenvalue weighted by Crippen LogP contribution is 2.16. The summed E-state index contributed by atoms with van der Waals surface area (Å²) in [6.45, 7) is 2.53. The number of carbonyl (C=O) groups is 1. The van der Waals surface area contributed by atoms with E-state index in [0.29, 0.717) is 18.3 Å². The van der Waals surface area contributed by atoms with Crippen LogP contribution in [0.2, 0.25) is 0 Å². The number of likely N-dealkylation sites (N-methyl/N-ethyl adjacent to an activating group) is 1. The minimum Gasteiger partial charge on any atom is -0.478 e. The Bertz CT molecular complexity index is 450. The number of carboxylic acid groups (broad SMARTS) is 1. The highest BCUT2D eigenvalue weighted by molar-refractivity contribution is 5.88. The smallest absolute Gasteiger partial charge is 0.339 e. The minimum absolute atomic E-state index is 0.203. The van der Waals surface area contributed by atoms with Gasteiger partial charge in [0.1, 0.15) is 11.9 Å². The number of hydrogen-bond acceptors (Lipinski definition) is 5. The van der Waals surface area contributed by atoms with Gasteiger partial charge in [-0.05, 0) is 33.5 Å². The Kier molecular flexibility index (Phi) is 4.44. The minimum atomic E-state index is -0.961. The molecule has 0 saturated carbocycles. The molecule has 1 aliphatic heterocycles. The molecular formula is C13H20N4O2. The van der Waals surface area contributed by atoms with Gasteiger partial charge in [-0.1, -0.05) is 0 Å². The van der Waals surface area contributed by atoms with Crippen LogP contribution >= 0.6 is 0 Å². The van der Waals surface area contributed by atoms with Crippen LogP contribution in [0.5, 0.6) is 0 Å². The van der Waals surface area contributed by atoms with Crippen LogP contribution in [0.15, 0.2) is 12.5 Å². The lowest BCUT2D eigenvalue weighted by atomic mass is 10.0. The molecule has 1 unspecified atom stereocenters. The average molecular weight is 264 g/mol. The van der Waals surface area contributed by atoms with Gasteiger partial charge < -0.3 is 10.0 Å². The van der Waals surface area contributed by atoms with E-state index in [1.807, 2.05) is 0 Å². The van der Waals surface area contributed by atoms with Crippen molar-refractivity contribution in [3.05, 3.63) is 23.8 Å². The monoisotopic (exact) mass is 264 g/mol. The number of rotatable bonds is 4. The molecule has 1 aliphatic rings. The molecule has 104 valence electrons. The quantitative estimate of drug-likeness (QED) is 0.863. The number of aromatic carboxylic acids is 1. The van der Waals surface area contributed by atoms with Gasteiger partial charge in [0.2, 0.25) is 0 Å². The number of aromatic nitrogens is 2. The molecule has 2 heterocycles. The van der Waals surface area contributed by atoms with Crippen LogP contribution in [0, 0.1) is 0 Å². The third-order valence-electron chi connectivity index (χ3n) is 3.61. The Morgan fingerprint density at radius 2 is 2.37 bits per heavy atom. The van der Waals surface area contributed by atoms with E-state index in [1.54, 1.807) is 0 Å². The maximum absolute atomic E-state index is 11.1. The largest absolute Gasteiger partial charge is 0.478 e. The molecule has 1 aromatic rings. The van der Waals surface area contributed by atoms with Crippen molar-refractivity contribution in [3.8, 4) is 0 Å². The third-order valence-corrected chi connectivity index (χ3v) is 3.61. The molecule has 0 spiro atoms. The zero-order valence-corrected chi connectivity index (χ0v) is 11.4. The van der Waals surface area contributed by atoms with Gasteiger partial charge in [0, 0.05) is 25.3 Å². The van der Waals surface area contributed by atoms with E-state index < -0.39 is 5.97 Å². The van der Waals surface area contributed by atoms with Crippen molar-refractivity contribution < 1.29 is 9.90 Å². The first-order valence-corrected chi connectivity index (χ1v) is 6.49. The van der Waals surface area contributed by atoms with Crippen LogP contribution in [-0.2, 0) is 6.54 Å². The van der Waals surface area contributed by atoms with Gasteiger partial charge in [0.05, 0.1) is 5.69 Å². The van der Waals surface area contributed by atoms with E-state index in [2.05, 4.69) is 33.9 Å². The average Bonchev–Trinajstić information content (AvgIpc) is 2.39. The Labute approximate surface area is 113 Å². The first-order chi connectivity index (χ1) is 9.08. The Morgan fingerprint density at radius 3 is 3.05 bits per heavy atom. The van der Waals surface area contributed by atoms with Gasteiger partial charge >= 0.3 is 5.97 Å². The van der Waals surface area contributed by atoms with Crippen LogP contribution in [-0.4, -0.2) is 64.1 Å². The molecule has 0 aliphatic carbocycles. The molecule has 2 rings (SSSR count). The van der Waals surface area contributed by atoms with Crippen LogP contribution in [0.1, 0.15) is 28.9 Å². The van der Waals surface area contributed by atoms with Crippen LogP contribution in [0.4, 0.5) is 0 Å². The summed E-state index contributed by atoms with van der Waals surface area (Å²) < 4.78 is 0. The Hall–Kier alpha value is -1.53. The second-order valence-corrected chi connectivity index (χ2v) is 5.18. The van der Waals surface area contributed by atoms with Gasteiger partial charge in [-0.15, -0.1) is 0 Å². The second-order valence-electron chi connectivity index (χ2n) is 5.18. The van der Waals surface area contributed by atoms with Crippen molar-refractivity contribution in [3.63, 3.8) is 0 Å². The fraction of sp³-hybridized carbons (Fsp3) is 0.615. The van der Waals surface area contributed by atoms with E-state index in [4.69, 9.17) is 5.11 Å². The van der Waals surface area contributed by atoms with Crippen molar-refractivity contribution >= 4 is 5.97 Å². The van der Waals surface area contributed by atoms with Gasteiger partial charge in [-0.3, -0.25) is 4.90 Å². The Balaban J connectivity index is 2.07. The van der Waals surface area contributed by atoms with Crippen LogP contribution in [0.3, 0.4) is 0 Å². The molecule has 1 N–H and O–H groups in total. The normalized spacial score (nSPS) is 20.7. The molecule has 0 radical (unpaired) electrons. The zero-order valence-electron chi connectivity index (χ0n) is 11.4. The van der Waals surface area contributed by atoms with Gasteiger partial charge in [-0.2, -0.15) is 0 Å². The van der Waals surface area contributed by atoms with E-state index in [1.165, 1.54) is 18.9 Å². The molecule has 1 atom stereocenters. The van der Waals surface area contributed by atoms with Crippen LogP contribution in [0.25, 0.3) is 0 Å². The number of carboxylic acids is 1. The number of likely N-dealkylation sites (tertiary alicyclic amines) is 1. The first-order valence-electron chi connectivity index (χ1n) is 6.49. The zero-order chi connectivity index (χ0) is 13.8. The standard InChI is InChI=1S/C13H20N4O2/c1-16(2)10-4-3-5-17(7-10)8-12-11(13(18)19)6-14-9-15-12/h6,9-10H,3-5,7-8H2,1-2H3,(H,18,19). The van der Waals surface area contributed by atoms with E-state index in [-0.39, 0.29) is 5.56 Å². The van der Waals surface area contributed by atoms with Crippen molar-refractivity contribution in [2.75, 3.05) is 27.2 Å². The van der Waals surface area contributed by atoms with Gasteiger partial charge in [0.25, 0.3) is 0 Å². The topological polar surface area (TPSA) is 69.6 Å². The van der Waals surface area contributed by atoms with Crippen molar-refractivity contribution in [1.29, 1.82) is 0 Å². The molecule has 1 saturated heterocycles. The fourth-order valence-corrected chi connectivity index (χ4v) is 2.47.